The molecule has 1 aromatic heterocycles. The van der Waals surface area contributed by atoms with Crippen LogP contribution >= 0.6 is 0 Å². The van der Waals surface area contributed by atoms with E-state index in [0.29, 0.717) is 17.9 Å². The number of carboxylic acids is 2. The van der Waals surface area contributed by atoms with Gasteiger partial charge in [-0.05, 0) is 51.3 Å². The Balaban J connectivity index is 0.000000416. The lowest BCUT2D eigenvalue weighted by atomic mass is 9.97. The molecule has 28 heavy (non-hydrogen) atoms. The number of aromatic nitrogens is 1. The molecule has 0 saturated heterocycles. The number of carbonyl (C=O) groups excluding carboxylic acids is 1. The van der Waals surface area contributed by atoms with Crippen LogP contribution in [0.4, 0.5) is 0 Å². The van der Waals surface area contributed by atoms with Crippen molar-refractivity contribution in [1.29, 1.82) is 0 Å². The molecule has 1 heterocycles. The number of aliphatic carboxylic acids is 2. The average molecular weight is 390 g/mol. The van der Waals surface area contributed by atoms with Crippen LogP contribution in [0.3, 0.4) is 0 Å². The molecule has 8 nitrogen and oxygen atoms in total. The first kappa shape index (κ1) is 22.9. The Bertz CT molecular complexity index is 858. The molecule has 152 valence electrons. The lowest BCUT2D eigenvalue weighted by molar-refractivity contribution is -0.143. The number of fused-ring (bicyclic) bond motifs is 1. The fourth-order valence-corrected chi connectivity index (χ4v) is 2.10. The van der Waals surface area contributed by atoms with Crippen molar-refractivity contribution in [1.82, 2.24) is 4.57 Å². The highest BCUT2D eigenvalue weighted by molar-refractivity contribution is 5.89. The van der Waals surface area contributed by atoms with Crippen LogP contribution < -0.4 is 10.5 Å². The second-order valence-corrected chi connectivity index (χ2v) is 7.32. The van der Waals surface area contributed by atoms with E-state index in [4.69, 9.17) is 20.7 Å². The fraction of sp³-hybridized carbons (Fsp3) is 0.350. The monoisotopic (exact) mass is 390 g/mol. The molecule has 2 aromatic rings. The summed E-state index contributed by atoms with van der Waals surface area (Å²) in [7, 11) is 0. The topological polar surface area (TPSA) is 132 Å². The normalized spacial score (nSPS) is 12.3. The highest BCUT2D eigenvalue weighted by Crippen LogP contribution is 2.24. The lowest BCUT2D eigenvalue weighted by Crippen LogP contribution is -2.25. The van der Waals surface area contributed by atoms with E-state index in [1.165, 1.54) is 0 Å². The van der Waals surface area contributed by atoms with Gasteiger partial charge in [0.25, 0.3) is 0 Å². The third kappa shape index (κ3) is 7.63. The van der Waals surface area contributed by atoms with E-state index in [2.05, 4.69) is 4.57 Å². The van der Waals surface area contributed by atoms with E-state index in [1.54, 1.807) is 0 Å². The van der Waals surface area contributed by atoms with Crippen molar-refractivity contribution in [3.8, 4) is 5.75 Å². The number of ether oxygens (including phenoxy) is 1. The Labute approximate surface area is 163 Å². The van der Waals surface area contributed by atoms with E-state index in [9.17, 15) is 14.4 Å². The van der Waals surface area contributed by atoms with Gasteiger partial charge in [-0.3, -0.25) is 4.79 Å². The van der Waals surface area contributed by atoms with Crippen LogP contribution in [0.1, 0.15) is 27.7 Å². The Morgan fingerprint density at radius 2 is 1.71 bits per heavy atom. The summed E-state index contributed by atoms with van der Waals surface area (Å²) in [5.74, 6) is -2.18. The van der Waals surface area contributed by atoms with Gasteiger partial charge < -0.3 is 25.3 Å². The number of benzene rings is 1. The fourth-order valence-electron chi connectivity index (χ4n) is 2.10. The molecule has 1 atom stereocenters. The number of carboxylic acid groups (broad SMARTS) is 2. The molecule has 0 spiro atoms. The average Bonchev–Trinajstić information content (AvgIpc) is 2.94. The summed E-state index contributed by atoms with van der Waals surface area (Å²) in [6, 6.07) is 7.78. The van der Waals surface area contributed by atoms with Gasteiger partial charge in [0.2, 0.25) is 0 Å². The zero-order valence-electron chi connectivity index (χ0n) is 16.4. The molecule has 0 fully saturated rings. The summed E-state index contributed by atoms with van der Waals surface area (Å²) in [5, 5.41) is 16.7. The summed E-state index contributed by atoms with van der Waals surface area (Å²) in [6.07, 6.45) is 3.12. The van der Waals surface area contributed by atoms with Crippen molar-refractivity contribution < 1.29 is 29.3 Å². The minimum atomic E-state index is -1.26. The molecule has 1 aromatic carbocycles. The van der Waals surface area contributed by atoms with E-state index >= 15 is 0 Å². The van der Waals surface area contributed by atoms with Crippen LogP contribution in [0.15, 0.2) is 42.6 Å². The molecule has 4 N–H and O–H groups in total. The van der Waals surface area contributed by atoms with Crippen molar-refractivity contribution in [2.24, 2.45) is 11.1 Å². The Morgan fingerprint density at radius 1 is 1.14 bits per heavy atom. The Morgan fingerprint density at radius 3 is 2.18 bits per heavy atom. The van der Waals surface area contributed by atoms with Crippen LogP contribution in [-0.4, -0.2) is 38.7 Å². The van der Waals surface area contributed by atoms with E-state index in [-0.39, 0.29) is 12.0 Å². The highest BCUT2D eigenvalue weighted by atomic mass is 16.5. The Hall–Kier alpha value is -3.13. The summed E-state index contributed by atoms with van der Waals surface area (Å²) in [4.78, 5) is 31.0. The van der Waals surface area contributed by atoms with E-state index in [0.717, 1.165) is 17.4 Å². The molecule has 0 bridgehead atoms. The largest absolute Gasteiger partial charge is 0.478 e. The van der Waals surface area contributed by atoms with Crippen molar-refractivity contribution in [3.05, 3.63) is 42.6 Å². The summed E-state index contributed by atoms with van der Waals surface area (Å²) >= 11 is 0. The van der Waals surface area contributed by atoms with Gasteiger partial charge >= 0.3 is 17.9 Å². The number of hydrogen-bond acceptors (Lipinski definition) is 5. The number of nitrogens with zero attached hydrogens (tertiary/aromatic N) is 1. The van der Waals surface area contributed by atoms with Gasteiger partial charge in [0, 0.05) is 37.0 Å². The van der Waals surface area contributed by atoms with Crippen LogP contribution in [0.25, 0.3) is 10.9 Å². The van der Waals surface area contributed by atoms with Crippen molar-refractivity contribution in [2.45, 2.75) is 40.3 Å². The maximum absolute atomic E-state index is 11.9. The molecular formula is C20H26N2O6. The number of esters is 1. The summed E-state index contributed by atoms with van der Waals surface area (Å²) in [6.45, 7) is 8.22. The van der Waals surface area contributed by atoms with Gasteiger partial charge in [-0.25, -0.2) is 9.59 Å². The standard InChI is InChI=1S/C16H22N2O2.C4H4O4/c1-11(17)10-18-8-7-12-5-6-13(9-14(12)18)20-15(19)16(2,3)4;5-3(6)1-2-4(7)8/h5-9,11H,10,17H2,1-4H3;1-2H,(H,5,6)(H,7,8)/t11-;/m0./s1. The van der Waals surface area contributed by atoms with Gasteiger partial charge in [-0.1, -0.05) is 0 Å². The van der Waals surface area contributed by atoms with Crippen LogP contribution in [0.5, 0.6) is 5.75 Å². The zero-order chi connectivity index (χ0) is 21.5. The minimum absolute atomic E-state index is 0.0754. The number of hydrogen-bond donors (Lipinski definition) is 3. The van der Waals surface area contributed by atoms with Crippen LogP contribution in [0, 0.1) is 5.41 Å². The Kier molecular flexibility index (Phi) is 7.94. The molecule has 8 heteroatoms. The minimum Gasteiger partial charge on any atom is -0.478 e. The van der Waals surface area contributed by atoms with E-state index < -0.39 is 17.4 Å². The van der Waals surface area contributed by atoms with Crippen LogP contribution in [0.2, 0.25) is 0 Å². The predicted molar refractivity (Wildman–Crippen MR) is 105 cm³/mol. The molecule has 0 aliphatic carbocycles. The lowest BCUT2D eigenvalue weighted by Gasteiger charge is -2.16. The second-order valence-electron chi connectivity index (χ2n) is 7.32. The van der Waals surface area contributed by atoms with Gasteiger partial charge in [0.15, 0.2) is 0 Å². The zero-order valence-corrected chi connectivity index (χ0v) is 16.4. The first-order valence-electron chi connectivity index (χ1n) is 8.61. The SMILES string of the molecule is C[C@H](N)Cn1ccc2ccc(OC(=O)C(C)(C)C)cc21.O=C(O)C=CC(=O)O. The van der Waals surface area contributed by atoms with Gasteiger partial charge in [-0.2, -0.15) is 0 Å². The molecule has 0 aliphatic heterocycles. The maximum Gasteiger partial charge on any atom is 0.328 e. The van der Waals surface area contributed by atoms with Crippen molar-refractivity contribution in [3.63, 3.8) is 0 Å². The number of rotatable bonds is 5. The molecule has 0 unspecified atom stereocenters. The third-order valence-electron chi connectivity index (χ3n) is 3.42. The molecule has 2 rings (SSSR count). The molecule has 0 aliphatic rings. The molecular weight excluding hydrogens is 364 g/mol. The van der Waals surface area contributed by atoms with E-state index in [1.807, 2.05) is 58.2 Å². The highest BCUT2D eigenvalue weighted by Gasteiger charge is 2.23. The smallest absolute Gasteiger partial charge is 0.328 e. The molecule has 0 amide bonds. The number of carbonyl (C=O) groups is 3. The van der Waals surface area contributed by atoms with Gasteiger partial charge in [0.05, 0.1) is 10.9 Å². The van der Waals surface area contributed by atoms with Crippen molar-refractivity contribution >= 4 is 28.8 Å². The number of nitrogens with two attached hydrogens (primary N) is 1. The maximum atomic E-state index is 11.9. The first-order valence-corrected chi connectivity index (χ1v) is 8.61. The predicted octanol–water partition coefficient (Wildman–Crippen LogP) is 2.65. The quantitative estimate of drug-likeness (QED) is 0.406. The van der Waals surface area contributed by atoms with Crippen LogP contribution in [-0.2, 0) is 20.9 Å². The van der Waals surface area contributed by atoms with Gasteiger partial charge in [0.1, 0.15) is 5.75 Å². The third-order valence-corrected chi connectivity index (χ3v) is 3.42. The first-order chi connectivity index (χ1) is 12.9. The second kappa shape index (κ2) is 9.70. The molecule has 0 saturated carbocycles. The molecule has 0 radical (unpaired) electrons. The summed E-state index contributed by atoms with van der Waals surface area (Å²) < 4.78 is 7.51. The van der Waals surface area contributed by atoms with Gasteiger partial charge in [-0.15, -0.1) is 0 Å². The summed E-state index contributed by atoms with van der Waals surface area (Å²) in [5.41, 5.74) is 6.36. The van der Waals surface area contributed by atoms with Crippen molar-refractivity contribution in [2.75, 3.05) is 0 Å².